The lowest BCUT2D eigenvalue weighted by atomic mass is 10.2. The number of carbonyl (C=O) groups is 1. The fourth-order valence-corrected chi connectivity index (χ4v) is 1.34. The summed E-state index contributed by atoms with van der Waals surface area (Å²) in [7, 11) is 0. The monoisotopic (exact) mass is 230 g/mol. The lowest BCUT2D eigenvalue weighted by Gasteiger charge is -1.91. The van der Waals surface area contributed by atoms with E-state index >= 15 is 0 Å². The van der Waals surface area contributed by atoms with Gasteiger partial charge in [-0.15, -0.1) is 5.92 Å². The molecule has 86 valence electrons. The largest absolute Gasteiger partial charge is 0.478 e. The van der Waals surface area contributed by atoms with Crippen molar-refractivity contribution in [3.63, 3.8) is 0 Å². The summed E-state index contributed by atoms with van der Waals surface area (Å²) in [5.74, 6) is 4.57. The van der Waals surface area contributed by atoms with Gasteiger partial charge >= 0.3 is 5.97 Å². The van der Waals surface area contributed by atoms with Gasteiger partial charge in [-0.2, -0.15) is 4.98 Å². The fraction of sp³-hybridized carbons (Fsp3) is 0.167. The molecule has 0 spiro atoms. The molecule has 5 nitrogen and oxygen atoms in total. The summed E-state index contributed by atoms with van der Waals surface area (Å²) in [6.07, 6.45) is 0. The molecule has 0 bridgehead atoms. The minimum absolute atomic E-state index is 0.186. The molecule has 0 amide bonds. The molecule has 1 aromatic heterocycles. The van der Waals surface area contributed by atoms with E-state index in [0.717, 1.165) is 0 Å². The summed E-state index contributed by atoms with van der Waals surface area (Å²) in [6.45, 7) is 2.18. The highest BCUT2D eigenvalue weighted by molar-refractivity contribution is 5.92. The van der Waals surface area contributed by atoms with Crippen molar-refractivity contribution in [2.24, 2.45) is 0 Å². The SMILES string of the molecule is CC#CCNc1nc2cc(C(=O)O)ccc2o1. The lowest BCUT2D eigenvalue weighted by molar-refractivity contribution is 0.0697. The molecule has 0 saturated heterocycles. The summed E-state index contributed by atoms with van der Waals surface area (Å²) in [5.41, 5.74) is 1.24. The van der Waals surface area contributed by atoms with Crippen LogP contribution >= 0.6 is 0 Å². The van der Waals surface area contributed by atoms with Crippen LogP contribution in [0.4, 0.5) is 6.01 Å². The second kappa shape index (κ2) is 4.58. The number of hydrogen-bond donors (Lipinski definition) is 2. The summed E-state index contributed by atoms with van der Waals surface area (Å²) in [4.78, 5) is 14.9. The van der Waals surface area contributed by atoms with Gasteiger partial charge in [-0.05, 0) is 25.1 Å². The van der Waals surface area contributed by atoms with E-state index in [-0.39, 0.29) is 5.56 Å². The van der Waals surface area contributed by atoms with Crippen LogP contribution < -0.4 is 5.32 Å². The third kappa shape index (κ3) is 2.37. The molecule has 2 N–H and O–H groups in total. The molecular weight excluding hydrogens is 220 g/mol. The number of nitrogens with one attached hydrogen (secondary N) is 1. The van der Waals surface area contributed by atoms with E-state index in [2.05, 4.69) is 22.1 Å². The first-order valence-corrected chi connectivity index (χ1v) is 4.98. The van der Waals surface area contributed by atoms with Crippen molar-refractivity contribution >= 4 is 23.1 Å². The molecule has 0 aliphatic rings. The Bertz CT molecular complexity index is 619. The van der Waals surface area contributed by atoms with Crippen LogP contribution in [-0.4, -0.2) is 22.6 Å². The highest BCUT2D eigenvalue weighted by Crippen LogP contribution is 2.19. The number of aromatic nitrogens is 1. The first kappa shape index (κ1) is 11.0. The van der Waals surface area contributed by atoms with Crippen LogP contribution in [0.3, 0.4) is 0 Å². The number of carboxylic acids is 1. The Balaban J connectivity index is 2.29. The van der Waals surface area contributed by atoms with Crippen LogP contribution in [0.2, 0.25) is 0 Å². The standard InChI is InChI=1S/C12H10N2O3/c1-2-3-6-13-12-14-9-7-8(11(15)16)4-5-10(9)17-12/h4-5,7H,6H2,1H3,(H,13,14)(H,15,16). The Morgan fingerprint density at radius 1 is 1.59 bits per heavy atom. The Morgan fingerprint density at radius 3 is 3.12 bits per heavy atom. The Labute approximate surface area is 97.5 Å². The van der Waals surface area contributed by atoms with Crippen molar-refractivity contribution in [2.75, 3.05) is 11.9 Å². The molecule has 17 heavy (non-hydrogen) atoms. The zero-order valence-corrected chi connectivity index (χ0v) is 9.15. The number of hydrogen-bond acceptors (Lipinski definition) is 4. The van der Waals surface area contributed by atoms with E-state index < -0.39 is 5.97 Å². The van der Waals surface area contributed by atoms with Crippen LogP contribution in [0.15, 0.2) is 22.6 Å². The van der Waals surface area contributed by atoms with Crippen molar-refractivity contribution < 1.29 is 14.3 Å². The van der Waals surface area contributed by atoms with Gasteiger partial charge < -0.3 is 14.8 Å². The van der Waals surface area contributed by atoms with Gasteiger partial charge in [0.15, 0.2) is 5.58 Å². The van der Waals surface area contributed by atoms with Gasteiger partial charge in [-0.25, -0.2) is 4.79 Å². The number of fused-ring (bicyclic) bond motifs is 1. The van der Waals surface area contributed by atoms with Crippen molar-refractivity contribution in [3.05, 3.63) is 23.8 Å². The van der Waals surface area contributed by atoms with Gasteiger partial charge in [-0.3, -0.25) is 0 Å². The number of anilines is 1. The number of oxazole rings is 1. The zero-order chi connectivity index (χ0) is 12.3. The second-order valence-electron chi connectivity index (χ2n) is 3.29. The van der Waals surface area contributed by atoms with Crippen LogP contribution in [0, 0.1) is 11.8 Å². The average molecular weight is 230 g/mol. The molecule has 1 aromatic carbocycles. The van der Waals surface area contributed by atoms with Crippen molar-refractivity contribution in [2.45, 2.75) is 6.92 Å². The van der Waals surface area contributed by atoms with Crippen molar-refractivity contribution in [3.8, 4) is 11.8 Å². The third-order valence-electron chi connectivity index (χ3n) is 2.14. The number of benzene rings is 1. The molecule has 0 saturated carbocycles. The summed E-state index contributed by atoms with van der Waals surface area (Å²) < 4.78 is 5.37. The van der Waals surface area contributed by atoms with Crippen LogP contribution in [0.5, 0.6) is 0 Å². The maximum absolute atomic E-state index is 10.8. The second-order valence-corrected chi connectivity index (χ2v) is 3.29. The first-order valence-electron chi connectivity index (χ1n) is 4.98. The highest BCUT2D eigenvalue weighted by Gasteiger charge is 2.08. The number of aromatic carboxylic acids is 1. The molecule has 0 unspecified atom stereocenters. The normalized spacial score (nSPS) is 9.71. The van der Waals surface area contributed by atoms with Crippen molar-refractivity contribution in [1.82, 2.24) is 4.98 Å². The van der Waals surface area contributed by atoms with Gasteiger partial charge in [0, 0.05) is 0 Å². The lowest BCUT2D eigenvalue weighted by Crippen LogP contribution is -1.98. The molecule has 2 aromatic rings. The predicted molar refractivity (Wildman–Crippen MR) is 62.9 cm³/mol. The summed E-state index contributed by atoms with van der Waals surface area (Å²) in [6, 6.07) is 4.87. The van der Waals surface area contributed by atoms with Gasteiger partial charge in [0.2, 0.25) is 0 Å². The van der Waals surface area contributed by atoms with Gasteiger partial charge in [0.05, 0.1) is 12.1 Å². The van der Waals surface area contributed by atoms with Crippen molar-refractivity contribution in [1.29, 1.82) is 0 Å². The van der Waals surface area contributed by atoms with Gasteiger partial charge in [-0.1, -0.05) is 5.92 Å². The minimum atomic E-state index is -0.985. The smallest absolute Gasteiger partial charge is 0.335 e. The predicted octanol–water partition coefficient (Wildman–Crippen LogP) is 1.96. The van der Waals surface area contributed by atoms with E-state index in [1.165, 1.54) is 12.1 Å². The summed E-state index contributed by atoms with van der Waals surface area (Å²) >= 11 is 0. The number of carboxylic acid groups (broad SMARTS) is 1. The van der Waals surface area contributed by atoms with Gasteiger partial charge in [0.1, 0.15) is 5.52 Å². The maximum atomic E-state index is 10.8. The highest BCUT2D eigenvalue weighted by atomic mass is 16.4. The average Bonchev–Trinajstić information content (AvgIpc) is 2.70. The third-order valence-corrected chi connectivity index (χ3v) is 2.14. The van der Waals surface area contributed by atoms with E-state index in [4.69, 9.17) is 9.52 Å². The Hall–Kier alpha value is -2.48. The minimum Gasteiger partial charge on any atom is -0.478 e. The molecule has 0 aliphatic heterocycles. The molecule has 0 radical (unpaired) electrons. The quantitative estimate of drug-likeness (QED) is 0.788. The molecule has 0 atom stereocenters. The first-order chi connectivity index (χ1) is 8.20. The van der Waals surface area contributed by atoms with Crippen LogP contribution in [0.25, 0.3) is 11.1 Å². The topological polar surface area (TPSA) is 75.4 Å². The van der Waals surface area contributed by atoms with E-state index in [1.807, 2.05) is 0 Å². The van der Waals surface area contributed by atoms with Crippen LogP contribution in [-0.2, 0) is 0 Å². The maximum Gasteiger partial charge on any atom is 0.335 e. The van der Waals surface area contributed by atoms with Crippen LogP contribution in [0.1, 0.15) is 17.3 Å². The number of rotatable bonds is 3. The van der Waals surface area contributed by atoms with E-state index in [9.17, 15) is 4.79 Å². The molecular formula is C12H10N2O3. The molecule has 1 heterocycles. The van der Waals surface area contributed by atoms with Gasteiger partial charge in [0.25, 0.3) is 6.01 Å². The Kier molecular flexibility index (Phi) is 2.97. The summed E-state index contributed by atoms with van der Waals surface area (Å²) in [5, 5.41) is 11.7. The molecule has 0 aliphatic carbocycles. The molecule has 2 rings (SSSR count). The number of nitrogens with zero attached hydrogens (tertiary/aromatic N) is 1. The van der Waals surface area contributed by atoms with E-state index in [1.54, 1.807) is 13.0 Å². The molecule has 0 fully saturated rings. The molecule has 5 heteroatoms. The Morgan fingerprint density at radius 2 is 2.41 bits per heavy atom. The fourth-order valence-electron chi connectivity index (χ4n) is 1.34. The van der Waals surface area contributed by atoms with E-state index in [0.29, 0.717) is 23.7 Å². The zero-order valence-electron chi connectivity index (χ0n) is 9.15.